The standard InChI is InChI=1S/2C27H26N2O8S/c2*1-15-4-9-24(23(10-15)35-3)38(33,34)28-26(30)25(16-6-8-21-22(12-16)37-14-36-21)19-13-29(2)20-11-17(27(31)32)5-7-18(19)20/h2*4-13,25,27,31-32H,14H2,1-3H3,(H,28,30)/t25-;/m0./s1. The number of aliphatic hydroxyl groups excluding tert-OH is 2. The number of methoxy groups -OCH3 is 2. The fourth-order valence-electron chi connectivity index (χ4n) is 9.26. The summed E-state index contributed by atoms with van der Waals surface area (Å²) < 4.78 is 93.7. The number of amides is 2. The maximum atomic E-state index is 13.8. The molecule has 2 aromatic heterocycles. The molecule has 20 nitrogen and oxygen atoms in total. The molecule has 0 spiro atoms. The summed E-state index contributed by atoms with van der Waals surface area (Å²) in [6.45, 7) is 3.68. The Balaban J connectivity index is 0.000000186. The number of hydrogen-bond donors (Lipinski definition) is 6. The molecule has 1 unspecified atom stereocenters. The summed E-state index contributed by atoms with van der Waals surface area (Å²) in [5.74, 6) is -1.56. The molecule has 0 saturated heterocycles. The molecule has 2 aliphatic heterocycles. The third-order valence-corrected chi connectivity index (χ3v) is 15.8. The minimum Gasteiger partial charge on any atom is -0.495 e. The van der Waals surface area contributed by atoms with Crippen molar-refractivity contribution >= 4 is 53.7 Å². The van der Waals surface area contributed by atoms with Crippen LogP contribution in [0.2, 0.25) is 0 Å². The summed E-state index contributed by atoms with van der Waals surface area (Å²) in [4.78, 5) is 27.3. The number of rotatable bonds is 14. The van der Waals surface area contributed by atoms with Crippen LogP contribution in [0.3, 0.4) is 0 Å². The predicted octanol–water partition coefficient (Wildman–Crippen LogP) is 5.69. The monoisotopic (exact) mass is 1080 g/mol. The summed E-state index contributed by atoms with van der Waals surface area (Å²) in [5, 5.41) is 39.8. The average molecular weight is 1080 g/mol. The van der Waals surface area contributed by atoms with E-state index in [1.807, 2.05) is 0 Å². The van der Waals surface area contributed by atoms with E-state index < -0.39 is 56.3 Å². The molecule has 0 radical (unpaired) electrons. The van der Waals surface area contributed by atoms with Crippen molar-refractivity contribution in [1.82, 2.24) is 18.6 Å². The van der Waals surface area contributed by atoms with E-state index in [9.17, 15) is 46.9 Å². The Labute approximate surface area is 436 Å². The SMILES string of the molecule is COc1cc(C)ccc1S(=O)(=O)NC(=O)C(c1ccc2c(c1)OCO2)c1cn(C)c2cc(C(O)O)ccc12.COc1cc(C)ccc1S(=O)(=O)NC(=O)[C@@H](c1ccc2c(c1)OCO2)c1cn(C)c2cc(C(O)O)ccc12. The highest BCUT2D eigenvalue weighted by molar-refractivity contribution is 7.90. The van der Waals surface area contributed by atoms with Gasteiger partial charge in [0.05, 0.1) is 26.1 Å². The van der Waals surface area contributed by atoms with Crippen LogP contribution in [0.4, 0.5) is 0 Å². The third-order valence-electron chi connectivity index (χ3n) is 13.0. The maximum Gasteiger partial charge on any atom is 0.267 e. The van der Waals surface area contributed by atoms with Gasteiger partial charge >= 0.3 is 0 Å². The van der Waals surface area contributed by atoms with E-state index in [-0.39, 0.29) is 46.0 Å². The van der Waals surface area contributed by atoms with Crippen LogP contribution in [-0.4, -0.2) is 86.0 Å². The molecule has 76 heavy (non-hydrogen) atoms. The number of aromatic nitrogens is 2. The molecule has 2 amide bonds. The predicted molar refractivity (Wildman–Crippen MR) is 275 cm³/mol. The lowest BCUT2D eigenvalue weighted by Crippen LogP contribution is -2.35. The normalized spacial score (nSPS) is 13.6. The van der Waals surface area contributed by atoms with Gasteiger partial charge in [-0.25, -0.2) is 26.3 Å². The van der Waals surface area contributed by atoms with Gasteiger partial charge < -0.3 is 58.0 Å². The highest BCUT2D eigenvalue weighted by Gasteiger charge is 2.35. The summed E-state index contributed by atoms with van der Waals surface area (Å²) in [7, 11) is -2.40. The second kappa shape index (κ2) is 20.9. The zero-order valence-electron chi connectivity index (χ0n) is 41.7. The van der Waals surface area contributed by atoms with E-state index in [0.717, 1.165) is 11.1 Å². The lowest BCUT2D eigenvalue weighted by molar-refractivity contribution is -0.120. The van der Waals surface area contributed by atoms with Gasteiger partial charge in [-0.15, -0.1) is 0 Å². The summed E-state index contributed by atoms with van der Waals surface area (Å²) in [6, 6.07) is 28.8. The van der Waals surface area contributed by atoms with Gasteiger partial charge in [0.1, 0.15) is 21.3 Å². The van der Waals surface area contributed by atoms with Crippen molar-refractivity contribution in [3.63, 3.8) is 0 Å². The number of carbonyl (C=O) groups excluding carboxylic acids is 2. The van der Waals surface area contributed by atoms with Gasteiger partial charge in [-0.05, 0) is 108 Å². The van der Waals surface area contributed by atoms with Crippen LogP contribution < -0.4 is 37.9 Å². The van der Waals surface area contributed by atoms with Gasteiger partial charge in [-0.3, -0.25) is 9.59 Å². The molecule has 4 heterocycles. The number of aliphatic hydroxyl groups is 4. The first kappa shape index (κ1) is 52.7. The Morgan fingerprint density at radius 3 is 1.25 bits per heavy atom. The molecule has 10 rings (SSSR count). The molecule has 0 aliphatic carbocycles. The van der Waals surface area contributed by atoms with E-state index in [1.54, 1.807) is 147 Å². The zero-order valence-corrected chi connectivity index (χ0v) is 43.3. The van der Waals surface area contributed by atoms with Crippen LogP contribution in [0.15, 0.2) is 131 Å². The average Bonchev–Trinajstić information content (AvgIpc) is 4.19. The van der Waals surface area contributed by atoms with E-state index in [2.05, 4.69) is 9.44 Å². The highest BCUT2D eigenvalue weighted by atomic mass is 32.2. The van der Waals surface area contributed by atoms with E-state index in [1.165, 1.54) is 26.4 Å². The van der Waals surface area contributed by atoms with Crippen molar-refractivity contribution in [2.24, 2.45) is 14.1 Å². The van der Waals surface area contributed by atoms with Crippen molar-refractivity contribution < 1.29 is 75.3 Å². The van der Waals surface area contributed by atoms with Crippen molar-refractivity contribution in [2.75, 3.05) is 27.8 Å². The minimum atomic E-state index is -4.31. The lowest BCUT2D eigenvalue weighted by atomic mass is 9.90. The molecule has 6 aromatic carbocycles. The highest BCUT2D eigenvalue weighted by Crippen LogP contribution is 2.42. The van der Waals surface area contributed by atoms with Crippen LogP contribution in [0, 0.1) is 13.8 Å². The molecule has 0 bridgehead atoms. The number of carbonyl (C=O) groups is 2. The van der Waals surface area contributed by atoms with E-state index in [0.29, 0.717) is 67.1 Å². The van der Waals surface area contributed by atoms with E-state index in [4.69, 9.17) is 28.4 Å². The Morgan fingerprint density at radius 1 is 0.513 bits per heavy atom. The Bertz CT molecular complexity index is 3570. The van der Waals surface area contributed by atoms with Gasteiger partial charge in [0.15, 0.2) is 35.6 Å². The first-order chi connectivity index (χ1) is 36.2. The topological polar surface area (TPSA) is 273 Å². The van der Waals surface area contributed by atoms with Gasteiger partial charge in [-0.2, -0.15) is 0 Å². The second-order valence-corrected chi connectivity index (χ2v) is 21.3. The number of nitrogens with zero attached hydrogens (tertiary/aromatic N) is 2. The minimum absolute atomic E-state index is 0.0395. The van der Waals surface area contributed by atoms with Crippen LogP contribution in [0.25, 0.3) is 21.8 Å². The summed E-state index contributed by atoms with van der Waals surface area (Å²) >= 11 is 0. The second-order valence-electron chi connectivity index (χ2n) is 18.0. The van der Waals surface area contributed by atoms with E-state index >= 15 is 0 Å². The van der Waals surface area contributed by atoms with Gasteiger partial charge in [-0.1, -0.05) is 48.5 Å². The third kappa shape index (κ3) is 10.3. The number of fused-ring (bicyclic) bond motifs is 4. The fourth-order valence-corrected chi connectivity index (χ4v) is 11.6. The number of aryl methyl sites for hydroxylation is 4. The maximum absolute atomic E-state index is 13.8. The lowest BCUT2D eigenvalue weighted by Gasteiger charge is -2.19. The molecule has 6 N–H and O–H groups in total. The number of hydrogen-bond acceptors (Lipinski definition) is 16. The van der Waals surface area contributed by atoms with Crippen molar-refractivity contribution in [1.29, 1.82) is 0 Å². The molecule has 0 fully saturated rings. The van der Waals surface area contributed by atoms with Crippen LogP contribution >= 0.6 is 0 Å². The number of benzene rings is 6. The molecular weight excluding hydrogens is 1020 g/mol. The summed E-state index contributed by atoms with van der Waals surface area (Å²) in [6.07, 6.45) is 0.0961. The molecule has 396 valence electrons. The van der Waals surface area contributed by atoms with Crippen molar-refractivity contribution in [3.05, 3.63) is 166 Å². The Kier molecular flexibility index (Phi) is 14.5. The van der Waals surface area contributed by atoms with Crippen molar-refractivity contribution in [2.45, 2.75) is 48.1 Å². The van der Waals surface area contributed by atoms with Crippen LogP contribution in [0.5, 0.6) is 34.5 Å². The Hall–Kier alpha value is -8.12. The Morgan fingerprint density at radius 2 is 0.882 bits per heavy atom. The van der Waals surface area contributed by atoms with Crippen LogP contribution in [0.1, 0.15) is 68.9 Å². The van der Waals surface area contributed by atoms with Gasteiger partial charge in [0.25, 0.3) is 20.0 Å². The van der Waals surface area contributed by atoms with Crippen LogP contribution in [-0.2, 0) is 43.7 Å². The molecule has 8 aromatic rings. The quantitative estimate of drug-likeness (QED) is 0.0714. The fraction of sp³-hybridized carbons (Fsp3) is 0.222. The number of sulfonamides is 2. The van der Waals surface area contributed by atoms with Crippen molar-refractivity contribution in [3.8, 4) is 34.5 Å². The zero-order chi connectivity index (χ0) is 54.4. The smallest absolute Gasteiger partial charge is 0.267 e. The van der Waals surface area contributed by atoms with Gasteiger partial charge in [0, 0.05) is 59.4 Å². The largest absolute Gasteiger partial charge is 0.495 e. The first-order valence-corrected chi connectivity index (χ1v) is 26.3. The number of ether oxygens (including phenoxy) is 6. The van der Waals surface area contributed by atoms with Gasteiger partial charge in [0.2, 0.25) is 25.4 Å². The molecule has 2 aliphatic rings. The number of nitrogens with one attached hydrogen (secondary N) is 2. The summed E-state index contributed by atoms with van der Waals surface area (Å²) in [5.41, 5.74) is 5.43. The molecule has 22 heteroatoms. The first-order valence-electron chi connectivity index (χ1n) is 23.3. The molecule has 2 atom stereocenters. The molecule has 0 saturated carbocycles. The molecular formula is C54H52N4O16S2.